The van der Waals surface area contributed by atoms with Gasteiger partial charge in [0.1, 0.15) is 0 Å². The van der Waals surface area contributed by atoms with Gasteiger partial charge in [-0.25, -0.2) is 0 Å². The number of thiophene rings is 1. The standard InChI is InChI=1S/C18H14N4OS/c1-2-4-14(5-3-1)20-18-22-21-17(23-18)15-8-11-24-16(15)12-13-6-9-19-10-7-13/h1-11H,12H2,(H,20,22). The Morgan fingerprint density at radius 2 is 1.79 bits per heavy atom. The molecule has 6 heteroatoms. The van der Waals surface area contributed by atoms with Crippen LogP contribution in [-0.2, 0) is 6.42 Å². The number of aromatic nitrogens is 3. The lowest BCUT2D eigenvalue weighted by molar-refractivity contribution is 0.587. The van der Waals surface area contributed by atoms with Gasteiger partial charge >= 0.3 is 6.01 Å². The van der Waals surface area contributed by atoms with E-state index in [1.54, 1.807) is 23.7 Å². The molecule has 0 aliphatic heterocycles. The summed E-state index contributed by atoms with van der Waals surface area (Å²) >= 11 is 1.68. The highest BCUT2D eigenvalue weighted by Crippen LogP contribution is 2.30. The van der Waals surface area contributed by atoms with Crippen LogP contribution in [0.25, 0.3) is 11.5 Å². The van der Waals surface area contributed by atoms with Crippen molar-refractivity contribution in [3.8, 4) is 11.5 Å². The minimum Gasteiger partial charge on any atom is -0.403 e. The van der Waals surface area contributed by atoms with Crippen LogP contribution in [0.3, 0.4) is 0 Å². The first kappa shape index (κ1) is 14.6. The largest absolute Gasteiger partial charge is 0.403 e. The first-order valence-electron chi connectivity index (χ1n) is 7.50. The van der Waals surface area contributed by atoms with Crippen molar-refractivity contribution in [2.24, 2.45) is 0 Å². The van der Waals surface area contributed by atoms with Gasteiger partial charge in [0.25, 0.3) is 5.89 Å². The van der Waals surface area contributed by atoms with Gasteiger partial charge in [-0.2, -0.15) is 0 Å². The quantitative estimate of drug-likeness (QED) is 0.581. The fourth-order valence-electron chi connectivity index (χ4n) is 2.38. The number of pyridine rings is 1. The first-order chi connectivity index (χ1) is 11.9. The molecule has 1 aromatic carbocycles. The van der Waals surface area contributed by atoms with Gasteiger partial charge in [0.05, 0.1) is 5.56 Å². The highest BCUT2D eigenvalue weighted by molar-refractivity contribution is 7.10. The van der Waals surface area contributed by atoms with Gasteiger partial charge in [0.15, 0.2) is 0 Å². The Hall–Kier alpha value is -2.99. The maximum atomic E-state index is 5.77. The molecule has 4 rings (SSSR count). The zero-order chi connectivity index (χ0) is 16.2. The third-order valence-electron chi connectivity index (χ3n) is 3.54. The second-order valence-corrected chi connectivity index (χ2v) is 6.19. The van der Waals surface area contributed by atoms with Crippen LogP contribution in [0.5, 0.6) is 0 Å². The molecule has 118 valence electrons. The Balaban J connectivity index is 1.56. The topological polar surface area (TPSA) is 63.8 Å². The monoisotopic (exact) mass is 334 g/mol. The molecule has 0 radical (unpaired) electrons. The van der Waals surface area contributed by atoms with E-state index in [0.717, 1.165) is 17.7 Å². The Morgan fingerprint density at radius 3 is 2.62 bits per heavy atom. The molecular formula is C18H14N4OS. The summed E-state index contributed by atoms with van der Waals surface area (Å²) in [5.74, 6) is 0.527. The van der Waals surface area contributed by atoms with E-state index in [4.69, 9.17) is 4.42 Å². The van der Waals surface area contributed by atoms with Crippen LogP contribution in [0, 0.1) is 0 Å². The Bertz CT molecular complexity index is 918. The number of hydrogen-bond acceptors (Lipinski definition) is 6. The maximum absolute atomic E-state index is 5.77. The van der Waals surface area contributed by atoms with E-state index in [2.05, 4.69) is 20.5 Å². The molecule has 24 heavy (non-hydrogen) atoms. The molecule has 0 aliphatic carbocycles. The van der Waals surface area contributed by atoms with Gasteiger partial charge in [-0.15, -0.1) is 16.4 Å². The Kier molecular flexibility index (Phi) is 4.04. The van der Waals surface area contributed by atoms with E-state index in [1.807, 2.05) is 53.9 Å². The molecule has 0 saturated carbocycles. The van der Waals surface area contributed by atoms with Crippen molar-refractivity contribution in [2.45, 2.75) is 6.42 Å². The van der Waals surface area contributed by atoms with Gasteiger partial charge in [0, 0.05) is 29.4 Å². The minimum absolute atomic E-state index is 0.386. The zero-order valence-electron chi connectivity index (χ0n) is 12.7. The number of nitrogens with zero attached hydrogens (tertiary/aromatic N) is 3. The third kappa shape index (κ3) is 3.18. The maximum Gasteiger partial charge on any atom is 0.320 e. The predicted octanol–water partition coefficient (Wildman–Crippen LogP) is 4.53. The highest BCUT2D eigenvalue weighted by Gasteiger charge is 2.14. The number of para-hydroxylation sites is 1. The normalized spacial score (nSPS) is 10.7. The van der Waals surface area contributed by atoms with Crippen molar-refractivity contribution >= 4 is 23.0 Å². The summed E-state index contributed by atoms with van der Waals surface area (Å²) in [6, 6.07) is 16.2. The second-order valence-electron chi connectivity index (χ2n) is 5.19. The van der Waals surface area contributed by atoms with E-state index >= 15 is 0 Å². The average molecular weight is 334 g/mol. The van der Waals surface area contributed by atoms with Crippen LogP contribution in [0.2, 0.25) is 0 Å². The SMILES string of the molecule is c1ccc(Nc2nnc(-c3ccsc3Cc3ccncc3)o2)cc1. The zero-order valence-corrected chi connectivity index (χ0v) is 13.5. The van der Waals surface area contributed by atoms with Crippen LogP contribution in [0.1, 0.15) is 10.4 Å². The smallest absolute Gasteiger partial charge is 0.320 e. The number of benzene rings is 1. The Labute approximate surface area is 143 Å². The molecule has 0 spiro atoms. The molecule has 3 aromatic heterocycles. The molecule has 1 N–H and O–H groups in total. The summed E-state index contributed by atoms with van der Waals surface area (Å²) < 4.78 is 5.77. The molecule has 0 aliphatic rings. The molecule has 3 heterocycles. The fraction of sp³-hybridized carbons (Fsp3) is 0.0556. The number of rotatable bonds is 5. The van der Waals surface area contributed by atoms with Crippen LogP contribution in [0.15, 0.2) is 70.7 Å². The molecule has 5 nitrogen and oxygen atoms in total. The predicted molar refractivity (Wildman–Crippen MR) is 94.4 cm³/mol. The van der Waals surface area contributed by atoms with Crippen molar-refractivity contribution in [3.63, 3.8) is 0 Å². The van der Waals surface area contributed by atoms with Gasteiger partial charge in [-0.3, -0.25) is 4.98 Å². The van der Waals surface area contributed by atoms with E-state index in [-0.39, 0.29) is 0 Å². The molecule has 0 atom stereocenters. The lowest BCUT2D eigenvalue weighted by Crippen LogP contribution is -1.88. The molecule has 0 amide bonds. The summed E-state index contributed by atoms with van der Waals surface area (Å²) in [7, 11) is 0. The average Bonchev–Trinajstić information content (AvgIpc) is 3.26. The van der Waals surface area contributed by atoms with Crippen LogP contribution in [-0.4, -0.2) is 15.2 Å². The number of nitrogens with one attached hydrogen (secondary N) is 1. The van der Waals surface area contributed by atoms with E-state index in [0.29, 0.717) is 11.9 Å². The van der Waals surface area contributed by atoms with Crippen LogP contribution >= 0.6 is 11.3 Å². The second kappa shape index (κ2) is 6.64. The summed E-state index contributed by atoms with van der Waals surface area (Å²) in [6.45, 7) is 0. The molecule has 4 aromatic rings. The van der Waals surface area contributed by atoms with Crippen LogP contribution in [0.4, 0.5) is 11.7 Å². The lowest BCUT2D eigenvalue weighted by atomic mass is 10.1. The molecule has 0 unspecified atom stereocenters. The van der Waals surface area contributed by atoms with Gasteiger partial charge in [0.2, 0.25) is 0 Å². The molecule has 0 fully saturated rings. The summed E-state index contributed by atoms with van der Waals surface area (Å²) in [5.41, 5.74) is 3.09. The minimum atomic E-state index is 0.386. The first-order valence-corrected chi connectivity index (χ1v) is 8.38. The highest BCUT2D eigenvalue weighted by atomic mass is 32.1. The van der Waals surface area contributed by atoms with Crippen molar-refractivity contribution in [1.82, 2.24) is 15.2 Å². The Morgan fingerprint density at radius 1 is 0.958 bits per heavy atom. The number of hydrogen-bond donors (Lipinski definition) is 1. The van der Waals surface area contributed by atoms with Crippen molar-refractivity contribution in [1.29, 1.82) is 0 Å². The third-order valence-corrected chi connectivity index (χ3v) is 4.46. The van der Waals surface area contributed by atoms with Crippen molar-refractivity contribution in [3.05, 3.63) is 76.7 Å². The molecule has 0 saturated heterocycles. The van der Waals surface area contributed by atoms with Crippen molar-refractivity contribution < 1.29 is 4.42 Å². The van der Waals surface area contributed by atoms with Gasteiger partial charge < -0.3 is 9.73 Å². The lowest BCUT2D eigenvalue weighted by Gasteiger charge is -2.01. The summed E-state index contributed by atoms with van der Waals surface area (Å²) in [5, 5.41) is 13.4. The van der Waals surface area contributed by atoms with Crippen LogP contribution < -0.4 is 5.32 Å². The van der Waals surface area contributed by atoms with Gasteiger partial charge in [-0.05, 0) is 41.3 Å². The van der Waals surface area contributed by atoms with E-state index in [1.165, 1.54) is 10.4 Å². The number of anilines is 2. The van der Waals surface area contributed by atoms with E-state index < -0.39 is 0 Å². The van der Waals surface area contributed by atoms with Gasteiger partial charge in [-0.1, -0.05) is 23.3 Å². The fourth-order valence-corrected chi connectivity index (χ4v) is 3.28. The summed E-state index contributed by atoms with van der Waals surface area (Å²) in [6.07, 6.45) is 4.42. The molecular weight excluding hydrogens is 320 g/mol. The van der Waals surface area contributed by atoms with Crippen molar-refractivity contribution in [2.75, 3.05) is 5.32 Å². The van der Waals surface area contributed by atoms with E-state index in [9.17, 15) is 0 Å². The summed E-state index contributed by atoms with van der Waals surface area (Å²) in [4.78, 5) is 5.24. The molecule has 0 bridgehead atoms.